The Morgan fingerprint density at radius 1 is 1.47 bits per heavy atom. The monoisotopic (exact) mass is 278 g/mol. The number of hydrogen-bond acceptors (Lipinski definition) is 7. The highest BCUT2D eigenvalue weighted by molar-refractivity contribution is 7.13. The van der Waals surface area contributed by atoms with Crippen LogP contribution in [0.15, 0.2) is 23.7 Å². The number of aryl methyl sites for hydroxylation is 1. The highest BCUT2D eigenvalue weighted by atomic mass is 32.1. The molecule has 0 aliphatic rings. The second kappa shape index (κ2) is 6.79. The van der Waals surface area contributed by atoms with Crippen LogP contribution in [0.3, 0.4) is 0 Å². The molecule has 7 heteroatoms. The van der Waals surface area contributed by atoms with Gasteiger partial charge in [0.15, 0.2) is 5.13 Å². The van der Waals surface area contributed by atoms with E-state index >= 15 is 0 Å². The van der Waals surface area contributed by atoms with Crippen molar-refractivity contribution in [2.75, 3.05) is 12.4 Å². The molecule has 0 aromatic carbocycles. The summed E-state index contributed by atoms with van der Waals surface area (Å²) in [5.74, 6) is -0.220. The molecule has 0 unspecified atom stereocenters. The van der Waals surface area contributed by atoms with Gasteiger partial charge in [0.25, 0.3) is 0 Å². The van der Waals surface area contributed by atoms with Crippen LogP contribution in [0.2, 0.25) is 0 Å². The largest absolute Gasteiger partial charge is 0.469 e. The Bertz CT molecular complexity index is 530. The SMILES string of the molecule is COC(=O)CCc1csc(NCc2cccnn2)n1. The van der Waals surface area contributed by atoms with E-state index in [1.165, 1.54) is 18.4 Å². The second-order valence-electron chi connectivity index (χ2n) is 3.79. The third-order valence-electron chi connectivity index (χ3n) is 2.41. The Morgan fingerprint density at radius 3 is 3.11 bits per heavy atom. The summed E-state index contributed by atoms with van der Waals surface area (Å²) in [6.07, 6.45) is 2.58. The van der Waals surface area contributed by atoms with Crippen molar-refractivity contribution < 1.29 is 9.53 Å². The standard InChI is InChI=1S/C12H14N4O2S/c1-18-11(17)5-4-10-8-19-12(15-10)13-7-9-3-2-6-14-16-9/h2-3,6,8H,4-5,7H2,1H3,(H,13,15). The van der Waals surface area contributed by atoms with Crippen molar-refractivity contribution in [3.05, 3.63) is 35.1 Å². The van der Waals surface area contributed by atoms with E-state index in [0.717, 1.165) is 16.5 Å². The van der Waals surface area contributed by atoms with Gasteiger partial charge in [0.1, 0.15) is 0 Å². The van der Waals surface area contributed by atoms with Crippen molar-refractivity contribution in [1.82, 2.24) is 15.2 Å². The van der Waals surface area contributed by atoms with Gasteiger partial charge in [-0.2, -0.15) is 10.2 Å². The lowest BCUT2D eigenvalue weighted by atomic mass is 10.2. The molecule has 2 aromatic heterocycles. The molecule has 0 amide bonds. The number of carbonyl (C=O) groups is 1. The molecule has 6 nitrogen and oxygen atoms in total. The van der Waals surface area contributed by atoms with Gasteiger partial charge in [-0.3, -0.25) is 4.79 Å². The number of aromatic nitrogens is 3. The molecule has 1 N–H and O–H groups in total. The quantitative estimate of drug-likeness (QED) is 0.810. The van der Waals surface area contributed by atoms with Crippen molar-refractivity contribution in [2.24, 2.45) is 0 Å². The van der Waals surface area contributed by atoms with Crippen LogP contribution in [0.5, 0.6) is 0 Å². The van der Waals surface area contributed by atoms with E-state index in [9.17, 15) is 4.79 Å². The number of methoxy groups -OCH3 is 1. The van der Waals surface area contributed by atoms with Gasteiger partial charge >= 0.3 is 5.97 Å². The van der Waals surface area contributed by atoms with E-state index in [0.29, 0.717) is 19.4 Å². The number of ether oxygens (including phenoxy) is 1. The first-order valence-electron chi connectivity index (χ1n) is 5.79. The molecule has 0 radical (unpaired) electrons. The van der Waals surface area contributed by atoms with E-state index < -0.39 is 0 Å². The fourth-order valence-electron chi connectivity index (χ4n) is 1.43. The fourth-order valence-corrected chi connectivity index (χ4v) is 2.17. The van der Waals surface area contributed by atoms with Gasteiger partial charge in [0, 0.05) is 18.0 Å². The number of thiazole rings is 1. The van der Waals surface area contributed by atoms with Gasteiger partial charge in [-0.05, 0) is 12.1 Å². The van der Waals surface area contributed by atoms with Crippen molar-refractivity contribution >= 4 is 22.4 Å². The van der Waals surface area contributed by atoms with E-state index in [1.54, 1.807) is 6.20 Å². The lowest BCUT2D eigenvalue weighted by molar-refractivity contribution is -0.140. The zero-order valence-corrected chi connectivity index (χ0v) is 11.3. The normalized spacial score (nSPS) is 10.2. The summed E-state index contributed by atoms with van der Waals surface area (Å²) < 4.78 is 4.59. The van der Waals surface area contributed by atoms with Crippen LogP contribution in [0.1, 0.15) is 17.8 Å². The maximum atomic E-state index is 11.0. The van der Waals surface area contributed by atoms with Gasteiger partial charge in [-0.1, -0.05) is 0 Å². The number of carbonyl (C=O) groups excluding carboxylic acids is 1. The van der Waals surface area contributed by atoms with E-state index in [-0.39, 0.29) is 5.97 Å². The molecule has 19 heavy (non-hydrogen) atoms. The summed E-state index contributed by atoms with van der Waals surface area (Å²) in [6.45, 7) is 0.581. The van der Waals surface area contributed by atoms with Gasteiger partial charge in [0.05, 0.1) is 31.5 Å². The molecular weight excluding hydrogens is 264 g/mol. The molecule has 0 spiro atoms. The summed E-state index contributed by atoms with van der Waals surface area (Å²) in [5, 5.41) is 13.7. The highest BCUT2D eigenvalue weighted by Crippen LogP contribution is 2.17. The van der Waals surface area contributed by atoms with Crippen molar-refractivity contribution in [2.45, 2.75) is 19.4 Å². The van der Waals surface area contributed by atoms with E-state index in [4.69, 9.17) is 0 Å². The number of nitrogens with one attached hydrogen (secondary N) is 1. The summed E-state index contributed by atoms with van der Waals surface area (Å²) in [5.41, 5.74) is 1.74. The highest BCUT2D eigenvalue weighted by Gasteiger charge is 2.05. The minimum absolute atomic E-state index is 0.220. The number of anilines is 1. The molecule has 2 heterocycles. The summed E-state index contributed by atoms with van der Waals surface area (Å²) >= 11 is 1.51. The van der Waals surface area contributed by atoms with Crippen LogP contribution in [0, 0.1) is 0 Å². The van der Waals surface area contributed by atoms with Gasteiger partial charge in [-0.25, -0.2) is 4.98 Å². The molecule has 0 bridgehead atoms. The third kappa shape index (κ3) is 4.29. The average Bonchev–Trinajstić information content (AvgIpc) is 2.91. The predicted octanol–water partition coefficient (Wildman–Crippen LogP) is 1.65. The van der Waals surface area contributed by atoms with Crippen LogP contribution in [0.4, 0.5) is 5.13 Å². The lowest BCUT2D eigenvalue weighted by Gasteiger charge is -2.00. The number of rotatable bonds is 6. The molecule has 0 aliphatic heterocycles. The van der Waals surface area contributed by atoms with Gasteiger partial charge in [0.2, 0.25) is 0 Å². The van der Waals surface area contributed by atoms with E-state index in [2.05, 4.69) is 25.2 Å². The van der Waals surface area contributed by atoms with Crippen molar-refractivity contribution in [3.8, 4) is 0 Å². The van der Waals surface area contributed by atoms with Crippen molar-refractivity contribution in [3.63, 3.8) is 0 Å². The molecule has 2 rings (SSSR count). The Labute approximate surface area is 114 Å². The number of nitrogens with zero attached hydrogens (tertiary/aromatic N) is 3. The first-order chi connectivity index (χ1) is 9.28. The average molecular weight is 278 g/mol. The molecule has 0 saturated heterocycles. The van der Waals surface area contributed by atoms with Crippen LogP contribution in [-0.2, 0) is 22.5 Å². The number of esters is 1. The topological polar surface area (TPSA) is 77.0 Å². The first-order valence-corrected chi connectivity index (χ1v) is 6.67. The Morgan fingerprint density at radius 2 is 2.37 bits per heavy atom. The molecule has 100 valence electrons. The predicted molar refractivity (Wildman–Crippen MR) is 71.8 cm³/mol. The number of hydrogen-bond donors (Lipinski definition) is 1. The summed E-state index contributed by atoms with van der Waals surface area (Å²) in [6, 6.07) is 3.74. The Hall–Kier alpha value is -2.02. The van der Waals surface area contributed by atoms with Gasteiger partial charge in [-0.15, -0.1) is 11.3 Å². The molecular formula is C12H14N4O2S. The fraction of sp³-hybridized carbons (Fsp3) is 0.333. The van der Waals surface area contributed by atoms with Crippen LogP contribution in [-0.4, -0.2) is 28.3 Å². The second-order valence-corrected chi connectivity index (χ2v) is 4.65. The zero-order chi connectivity index (χ0) is 13.5. The maximum absolute atomic E-state index is 11.0. The Balaban J connectivity index is 1.82. The molecule has 0 atom stereocenters. The minimum Gasteiger partial charge on any atom is -0.469 e. The third-order valence-corrected chi connectivity index (χ3v) is 3.26. The lowest BCUT2D eigenvalue weighted by Crippen LogP contribution is -2.03. The zero-order valence-electron chi connectivity index (χ0n) is 10.5. The molecule has 2 aromatic rings. The maximum Gasteiger partial charge on any atom is 0.305 e. The first kappa shape index (κ1) is 13.4. The smallest absolute Gasteiger partial charge is 0.305 e. The summed E-state index contributed by atoms with van der Waals surface area (Å²) in [7, 11) is 1.39. The van der Waals surface area contributed by atoms with Crippen molar-refractivity contribution in [1.29, 1.82) is 0 Å². The Kier molecular flexibility index (Phi) is 4.79. The minimum atomic E-state index is -0.220. The van der Waals surface area contributed by atoms with E-state index in [1.807, 2.05) is 17.5 Å². The molecule has 0 aliphatic carbocycles. The van der Waals surface area contributed by atoms with Gasteiger partial charge < -0.3 is 10.1 Å². The van der Waals surface area contributed by atoms with Crippen LogP contribution >= 0.6 is 11.3 Å². The molecule has 0 fully saturated rings. The summed E-state index contributed by atoms with van der Waals surface area (Å²) in [4.78, 5) is 15.4. The molecule has 0 saturated carbocycles. The van der Waals surface area contributed by atoms with Crippen LogP contribution < -0.4 is 5.32 Å². The van der Waals surface area contributed by atoms with Crippen LogP contribution in [0.25, 0.3) is 0 Å².